The lowest BCUT2D eigenvalue weighted by Gasteiger charge is -2.15. The minimum atomic E-state index is -0.614. The van der Waals surface area contributed by atoms with Crippen LogP contribution in [0.4, 0.5) is 10.1 Å². The topological polar surface area (TPSA) is 217 Å². The lowest BCUT2D eigenvalue weighted by molar-refractivity contribution is -0.125. The van der Waals surface area contributed by atoms with Crippen molar-refractivity contribution < 1.29 is 33.0 Å². The fraction of sp³-hybridized carbons (Fsp3) is 0.138. The van der Waals surface area contributed by atoms with Gasteiger partial charge < -0.3 is 29.3 Å². The molecule has 2 fully saturated rings. The van der Waals surface area contributed by atoms with E-state index in [1.807, 2.05) is 130 Å². The Morgan fingerprint density at radius 1 is 0.451 bits per heavy atom. The number of benzene rings is 7. The van der Waals surface area contributed by atoms with Gasteiger partial charge in [0.15, 0.2) is 11.6 Å². The fourth-order valence-electron chi connectivity index (χ4n) is 12.9. The summed E-state index contributed by atoms with van der Waals surface area (Å²) in [6, 6.07) is 54.2. The molecular weight excluding hydrogens is 1290 g/mol. The van der Waals surface area contributed by atoms with Crippen LogP contribution in [0.15, 0.2) is 272 Å². The number of halogens is 1. The predicted molar refractivity (Wildman–Crippen MR) is 391 cm³/mol. The van der Waals surface area contributed by atoms with E-state index < -0.39 is 11.5 Å². The van der Waals surface area contributed by atoms with E-state index in [-0.39, 0.29) is 46.9 Å². The van der Waals surface area contributed by atoms with Crippen LogP contribution in [0.1, 0.15) is 41.6 Å². The van der Waals surface area contributed by atoms with Crippen LogP contribution in [0.2, 0.25) is 0 Å². The Morgan fingerprint density at radius 2 is 0.882 bits per heavy atom. The summed E-state index contributed by atoms with van der Waals surface area (Å²) in [5.74, 6) is 2.33. The van der Waals surface area contributed by atoms with Crippen LogP contribution in [-0.2, 0) is 14.4 Å². The molecule has 21 nitrogen and oxygen atoms in total. The molecule has 510 valence electrons. The number of aromatic nitrogens is 9. The molecule has 2 unspecified atom stereocenters. The van der Waals surface area contributed by atoms with Crippen LogP contribution in [0.3, 0.4) is 0 Å². The molecule has 0 saturated carbocycles. The monoisotopic (exact) mass is 1360 g/mol. The van der Waals surface area contributed by atoms with Gasteiger partial charge >= 0.3 is 17.1 Å². The van der Waals surface area contributed by atoms with Crippen LogP contribution >= 0.6 is 0 Å². The number of aryl methyl sites for hydroxylation is 3. The molecular formula is C80H69FN12O9. The third-order valence-corrected chi connectivity index (χ3v) is 17.7. The zero-order valence-electron chi connectivity index (χ0n) is 56.0. The summed E-state index contributed by atoms with van der Waals surface area (Å²) in [6.07, 6.45) is 15.1. The lowest BCUT2D eigenvalue weighted by atomic mass is 10.2. The summed E-state index contributed by atoms with van der Waals surface area (Å²) in [6.45, 7) is 18.7. The molecule has 8 heterocycles. The molecule has 3 amide bonds. The van der Waals surface area contributed by atoms with E-state index in [0.717, 1.165) is 79.2 Å². The highest BCUT2D eigenvalue weighted by Gasteiger charge is 2.32. The molecule has 15 rings (SSSR count). The van der Waals surface area contributed by atoms with Gasteiger partial charge in [-0.15, -0.1) is 0 Å². The highest BCUT2D eigenvalue weighted by molar-refractivity contribution is 5.99. The largest absolute Gasteiger partial charge is 0.457 e. The van der Waals surface area contributed by atoms with Crippen molar-refractivity contribution in [1.29, 1.82) is 0 Å². The van der Waals surface area contributed by atoms with E-state index >= 15 is 0 Å². The molecule has 0 bridgehead atoms. The van der Waals surface area contributed by atoms with E-state index in [2.05, 4.69) is 40.0 Å². The number of carbonyl (C=O) groups is 3. The molecule has 2 aliphatic heterocycles. The summed E-state index contributed by atoms with van der Waals surface area (Å²) in [4.78, 5) is 92.9. The van der Waals surface area contributed by atoms with Crippen molar-refractivity contribution in [2.45, 2.75) is 45.7 Å². The number of para-hydroxylation sites is 2. The maximum atomic E-state index is 15.0. The van der Waals surface area contributed by atoms with E-state index in [4.69, 9.17) is 14.2 Å². The van der Waals surface area contributed by atoms with Gasteiger partial charge in [0.05, 0.1) is 86.5 Å². The number of amides is 3. The predicted octanol–water partition coefficient (Wildman–Crippen LogP) is 14.0. The molecule has 0 spiro atoms. The standard InChI is InChI=1S/C27H19FN4O3.C27H26N4O3.C26H24N4O3/c1-2-26(33)30-18-7-6-8-19(15-18)31-23-13-14-29-17-24(23)32(27(31)34)20-11-12-25(22(28)16-20)35-21-9-4-3-5-10-21;1-4-26(32)29-13-11-21(17-29)31-23-10-12-28-16-24(23)30(27(31)33)20-8-9-25(19(3)15-20)34-22-7-5-6-18(2)14-22;1-3-25(31)28-14-12-20(17-28)30-22-11-13-27-16-23(22)29(26(30)32)19-9-10-24(18(2)15-19)33-21-7-5-4-6-8-21/h2-17H,1H2,(H,30,33);4-10,12,14-16,21H,1,11,13,17H2,2-3H3;3-11,13,15-16,20H,1,12,14,17H2,2H3. The Hall–Kier alpha value is -13.2. The third kappa shape index (κ3) is 13.8. The molecule has 22 heteroatoms. The first-order chi connectivity index (χ1) is 49.6. The molecule has 7 aromatic carbocycles. The van der Waals surface area contributed by atoms with Gasteiger partial charge in [-0.1, -0.05) is 74.3 Å². The second kappa shape index (κ2) is 29.5. The molecule has 0 radical (unpaired) electrons. The number of fused-ring (bicyclic) bond motifs is 3. The Bertz CT molecular complexity index is 5580. The fourth-order valence-corrected chi connectivity index (χ4v) is 12.9. The van der Waals surface area contributed by atoms with Crippen molar-refractivity contribution in [3.8, 4) is 57.2 Å². The van der Waals surface area contributed by atoms with Crippen molar-refractivity contribution in [3.63, 3.8) is 0 Å². The van der Waals surface area contributed by atoms with Crippen LogP contribution in [0.5, 0.6) is 34.5 Å². The van der Waals surface area contributed by atoms with Gasteiger partial charge in [-0.05, 0) is 190 Å². The first kappa shape index (κ1) is 67.3. The second-order valence-electron chi connectivity index (χ2n) is 24.4. The van der Waals surface area contributed by atoms with Crippen molar-refractivity contribution in [2.75, 3.05) is 31.5 Å². The van der Waals surface area contributed by atoms with Gasteiger partial charge in [-0.2, -0.15) is 0 Å². The number of ether oxygens (including phenoxy) is 3. The minimum Gasteiger partial charge on any atom is -0.457 e. The smallest absolute Gasteiger partial charge is 0.338 e. The summed E-state index contributed by atoms with van der Waals surface area (Å²) in [7, 11) is 0. The molecule has 0 aliphatic carbocycles. The zero-order chi connectivity index (χ0) is 71.1. The van der Waals surface area contributed by atoms with E-state index in [9.17, 15) is 33.2 Å². The summed E-state index contributed by atoms with van der Waals surface area (Å²) >= 11 is 0. The van der Waals surface area contributed by atoms with Crippen LogP contribution < -0.4 is 36.6 Å². The highest BCUT2D eigenvalue weighted by atomic mass is 19.1. The summed E-state index contributed by atoms with van der Waals surface area (Å²) in [5, 5.41) is 2.69. The molecule has 2 aliphatic rings. The normalized spacial score (nSPS) is 14.0. The maximum absolute atomic E-state index is 15.0. The van der Waals surface area contributed by atoms with Crippen molar-refractivity contribution >= 4 is 56.5 Å². The number of hydrogen-bond donors (Lipinski definition) is 1. The van der Waals surface area contributed by atoms with Crippen molar-refractivity contribution in [1.82, 2.24) is 52.2 Å². The number of pyridine rings is 3. The number of anilines is 1. The molecule has 13 aromatic rings. The number of rotatable bonds is 16. The number of imidazole rings is 3. The highest BCUT2D eigenvalue weighted by Crippen LogP contribution is 2.34. The number of nitrogens with zero attached hydrogens (tertiary/aromatic N) is 11. The number of hydrogen-bond acceptors (Lipinski definition) is 12. The Labute approximate surface area is 584 Å². The third-order valence-electron chi connectivity index (χ3n) is 17.7. The molecule has 102 heavy (non-hydrogen) atoms. The maximum Gasteiger partial charge on any atom is 0.338 e. The quantitative estimate of drug-likeness (QED) is 0.0894. The van der Waals surface area contributed by atoms with E-state index in [1.54, 1.807) is 126 Å². The first-order valence-electron chi connectivity index (χ1n) is 32.9. The van der Waals surface area contributed by atoms with E-state index in [1.165, 1.54) is 33.4 Å². The summed E-state index contributed by atoms with van der Waals surface area (Å²) in [5.41, 5.74) is 9.20. The summed E-state index contributed by atoms with van der Waals surface area (Å²) < 4.78 is 42.5. The number of likely N-dealkylation sites (tertiary alicyclic amines) is 2. The average Bonchev–Trinajstić information content (AvgIpc) is 1.61. The molecule has 2 saturated heterocycles. The average molecular weight is 1360 g/mol. The van der Waals surface area contributed by atoms with Crippen LogP contribution in [0.25, 0.3) is 55.8 Å². The number of nitrogens with one attached hydrogen (secondary N) is 1. The first-order valence-corrected chi connectivity index (χ1v) is 32.9. The molecule has 6 aromatic heterocycles. The van der Waals surface area contributed by atoms with Crippen LogP contribution in [-0.4, -0.2) is 96.1 Å². The van der Waals surface area contributed by atoms with Crippen LogP contribution in [0, 0.1) is 26.6 Å². The van der Waals surface area contributed by atoms with Gasteiger partial charge in [0, 0.05) is 56.5 Å². The molecule has 2 atom stereocenters. The Kier molecular flexibility index (Phi) is 19.4. The van der Waals surface area contributed by atoms with Crippen molar-refractivity contribution in [2.24, 2.45) is 0 Å². The Balaban J connectivity index is 0.000000137. The van der Waals surface area contributed by atoms with Gasteiger partial charge in [-0.3, -0.25) is 56.7 Å². The van der Waals surface area contributed by atoms with Gasteiger partial charge in [0.1, 0.15) is 28.7 Å². The second-order valence-corrected chi connectivity index (χ2v) is 24.4. The molecule has 1 N–H and O–H groups in total. The SMILES string of the molecule is C=CC(=O)N1CCC(n2c(=O)n(-c3ccc(Oc4cccc(C)c4)c(C)c3)c3cnccc32)C1.C=CC(=O)N1CCC(n2c(=O)n(-c3ccc(Oc4ccccc4)c(C)c3)c3cnccc32)C1.C=CC(=O)Nc1cccc(-n2c(=O)n(-c3ccc(Oc4ccccc4)c(F)c3)c3cnccc32)c1. The van der Waals surface area contributed by atoms with Gasteiger partial charge in [-0.25, -0.2) is 18.8 Å². The lowest BCUT2D eigenvalue weighted by Crippen LogP contribution is -2.31. The van der Waals surface area contributed by atoms with Crippen molar-refractivity contribution in [3.05, 3.63) is 311 Å². The zero-order valence-corrected chi connectivity index (χ0v) is 56.0. The Morgan fingerprint density at radius 3 is 1.37 bits per heavy atom. The van der Waals surface area contributed by atoms with Gasteiger partial charge in [0.25, 0.3) is 0 Å². The van der Waals surface area contributed by atoms with E-state index in [0.29, 0.717) is 72.9 Å². The van der Waals surface area contributed by atoms with Gasteiger partial charge in [0.2, 0.25) is 17.7 Å². The number of carbonyl (C=O) groups excluding carboxylic acids is 3. The minimum absolute atomic E-state index is 0.0422.